The molecule has 0 unspecified atom stereocenters. The van der Waals surface area contributed by atoms with Crippen LogP contribution in [0.25, 0.3) is 6.08 Å². The van der Waals surface area contributed by atoms with Crippen LogP contribution in [0.15, 0.2) is 48.5 Å². The van der Waals surface area contributed by atoms with Gasteiger partial charge in [0.2, 0.25) is 5.69 Å². The fraction of sp³-hybridized carbons (Fsp3) is 0.360. The van der Waals surface area contributed by atoms with Crippen LogP contribution in [0.5, 0.6) is 0 Å². The molecule has 1 aliphatic heterocycles. The van der Waals surface area contributed by atoms with Crippen molar-refractivity contribution in [2.75, 3.05) is 25.0 Å². The number of rotatable bonds is 6. The Balaban J connectivity index is 0.000000696. The van der Waals surface area contributed by atoms with E-state index in [4.69, 9.17) is 24.5 Å². The van der Waals surface area contributed by atoms with E-state index in [1.54, 1.807) is 0 Å². The van der Waals surface area contributed by atoms with Crippen LogP contribution in [-0.2, 0) is 9.98 Å². The minimum atomic E-state index is -4.89. The number of anilines is 1. The Bertz CT molecular complexity index is 1130. The minimum absolute atomic E-state index is 0.00794. The molecule has 0 saturated carbocycles. The highest BCUT2D eigenvalue weighted by molar-refractivity contribution is 7.43. The Hall–Kier alpha value is -2.75. The number of phosphoric acid groups is 1. The molecule has 1 aliphatic rings. The number of allylic oxidation sites excluding steroid dienone is 1. The Labute approximate surface area is 196 Å². The van der Waals surface area contributed by atoms with Crippen LogP contribution >= 0.6 is 7.82 Å². The highest BCUT2D eigenvalue weighted by Gasteiger charge is 2.42. The van der Waals surface area contributed by atoms with Gasteiger partial charge in [0.25, 0.3) is 7.82 Å². The largest absolute Gasteiger partial charge is 0.756 e. The smallest absolute Gasteiger partial charge is 0.262 e. The molecule has 2 aromatic carbocycles. The zero-order valence-corrected chi connectivity index (χ0v) is 20.7. The first kappa shape index (κ1) is 26.5. The van der Waals surface area contributed by atoms with Gasteiger partial charge in [-0.2, -0.15) is 9.84 Å². The molecule has 8 heteroatoms. The number of para-hydroxylation sites is 1. The molecule has 0 fully saturated rings. The summed E-state index contributed by atoms with van der Waals surface area (Å²) in [6.07, 6.45) is 5.04. The summed E-state index contributed by atoms with van der Waals surface area (Å²) >= 11 is 0. The van der Waals surface area contributed by atoms with Gasteiger partial charge < -0.3 is 19.6 Å². The topological polar surface area (TPSA) is 111 Å². The number of nitriles is 1. The summed E-state index contributed by atoms with van der Waals surface area (Å²) in [6, 6.07) is 17.5. The van der Waals surface area contributed by atoms with Crippen molar-refractivity contribution in [3.05, 3.63) is 65.2 Å². The third-order valence-corrected chi connectivity index (χ3v) is 5.85. The van der Waals surface area contributed by atoms with E-state index in [1.807, 2.05) is 0 Å². The predicted molar refractivity (Wildman–Crippen MR) is 131 cm³/mol. The molecule has 3 rings (SSSR count). The standard InChI is InChI=1S/C25H30N3.H3O4P/c1-6-28(17-9-16-26)21-14-12-20(19(2)18-21)13-15-24-25(3,4)22-10-7-8-11-23(22)27(24)5;1-5(2,3)4/h7-8,10-15,18H,6,9,17H2,1-5H3;(H3,1,2,3,4)/q+1;/p-1. The first-order valence-electron chi connectivity index (χ1n) is 10.8. The third-order valence-electron chi connectivity index (χ3n) is 5.85. The zero-order valence-electron chi connectivity index (χ0n) is 19.8. The van der Waals surface area contributed by atoms with E-state index in [1.165, 1.54) is 33.8 Å². The van der Waals surface area contributed by atoms with E-state index in [0.717, 1.165) is 13.1 Å². The molecule has 0 amide bonds. The molecule has 0 atom stereocenters. The minimum Gasteiger partial charge on any atom is -0.756 e. The van der Waals surface area contributed by atoms with Crippen molar-refractivity contribution < 1.29 is 23.8 Å². The average molecular weight is 470 g/mol. The van der Waals surface area contributed by atoms with E-state index in [2.05, 4.69) is 105 Å². The van der Waals surface area contributed by atoms with Crippen LogP contribution in [0.2, 0.25) is 0 Å². The molecule has 0 aromatic heterocycles. The van der Waals surface area contributed by atoms with Crippen molar-refractivity contribution in [2.24, 2.45) is 0 Å². The molecule has 0 spiro atoms. The van der Waals surface area contributed by atoms with Crippen LogP contribution < -0.4 is 9.79 Å². The maximum atomic E-state index is 8.87. The van der Waals surface area contributed by atoms with E-state index in [-0.39, 0.29) is 5.41 Å². The third kappa shape index (κ3) is 6.86. The summed E-state index contributed by atoms with van der Waals surface area (Å²) in [6.45, 7) is 10.6. The molecule has 176 valence electrons. The lowest BCUT2D eigenvalue weighted by Crippen LogP contribution is -2.26. The van der Waals surface area contributed by atoms with Crippen LogP contribution in [0.1, 0.15) is 43.9 Å². The Morgan fingerprint density at radius 3 is 2.39 bits per heavy atom. The fourth-order valence-electron chi connectivity index (χ4n) is 4.17. The summed E-state index contributed by atoms with van der Waals surface area (Å²) in [7, 11) is -2.74. The monoisotopic (exact) mass is 469 g/mol. The second kappa shape index (κ2) is 10.9. The number of fused-ring (bicyclic) bond motifs is 1. The summed E-state index contributed by atoms with van der Waals surface area (Å²) in [5.41, 5.74) is 7.63. The predicted octanol–water partition coefficient (Wildman–Crippen LogP) is 3.89. The van der Waals surface area contributed by atoms with Gasteiger partial charge in [-0.05, 0) is 57.0 Å². The van der Waals surface area contributed by atoms with Crippen LogP contribution in [-0.4, -0.2) is 40.2 Å². The van der Waals surface area contributed by atoms with Gasteiger partial charge in [0.05, 0.1) is 17.9 Å². The van der Waals surface area contributed by atoms with Gasteiger partial charge in [0, 0.05) is 36.5 Å². The lowest BCUT2D eigenvalue weighted by Gasteiger charge is -2.22. The number of aryl methyl sites for hydroxylation is 1. The average Bonchev–Trinajstić information content (AvgIpc) is 2.93. The van der Waals surface area contributed by atoms with Crippen LogP contribution in [0, 0.1) is 18.3 Å². The van der Waals surface area contributed by atoms with Gasteiger partial charge in [-0.1, -0.05) is 24.3 Å². The summed E-state index contributed by atoms with van der Waals surface area (Å²) in [4.78, 5) is 25.2. The van der Waals surface area contributed by atoms with E-state index < -0.39 is 7.82 Å². The molecular formula is C25H32N3O4P. The van der Waals surface area contributed by atoms with E-state index in [9.17, 15) is 0 Å². The Morgan fingerprint density at radius 1 is 1.21 bits per heavy atom. The molecular weight excluding hydrogens is 437 g/mol. The van der Waals surface area contributed by atoms with Crippen molar-refractivity contribution in [3.8, 4) is 6.07 Å². The number of hydrogen-bond donors (Lipinski definition) is 2. The normalized spacial score (nSPS) is 14.5. The Morgan fingerprint density at radius 2 is 1.85 bits per heavy atom. The molecule has 2 aromatic rings. The SMILES string of the molecule is CCN(CCC#N)c1ccc(/C=C/C2=[N+](C)c3ccccc3C2(C)C)c(C)c1.O=P([O-])(O)O. The zero-order chi connectivity index (χ0) is 24.8. The first-order chi connectivity index (χ1) is 15.4. The van der Waals surface area contributed by atoms with Crippen molar-refractivity contribution in [2.45, 2.75) is 39.5 Å². The van der Waals surface area contributed by atoms with Gasteiger partial charge in [0.15, 0.2) is 5.71 Å². The molecule has 0 aliphatic carbocycles. The summed E-state index contributed by atoms with van der Waals surface area (Å²) in [5.74, 6) is 0. The first-order valence-corrected chi connectivity index (χ1v) is 12.3. The van der Waals surface area contributed by atoms with Crippen molar-refractivity contribution in [1.29, 1.82) is 5.26 Å². The highest BCUT2D eigenvalue weighted by Crippen LogP contribution is 2.39. The lowest BCUT2D eigenvalue weighted by atomic mass is 9.81. The van der Waals surface area contributed by atoms with Gasteiger partial charge in [-0.15, -0.1) is 0 Å². The highest BCUT2D eigenvalue weighted by atomic mass is 31.2. The maximum absolute atomic E-state index is 8.87. The van der Waals surface area contributed by atoms with E-state index >= 15 is 0 Å². The fourth-order valence-corrected chi connectivity index (χ4v) is 4.17. The van der Waals surface area contributed by atoms with Gasteiger partial charge in [-0.25, -0.2) is 0 Å². The van der Waals surface area contributed by atoms with Crippen LogP contribution in [0.3, 0.4) is 0 Å². The van der Waals surface area contributed by atoms with Gasteiger partial charge >= 0.3 is 0 Å². The van der Waals surface area contributed by atoms with Crippen LogP contribution in [0.4, 0.5) is 11.4 Å². The molecule has 33 heavy (non-hydrogen) atoms. The second-order valence-corrected chi connectivity index (χ2v) is 9.42. The van der Waals surface area contributed by atoms with Crippen molar-refractivity contribution in [1.82, 2.24) is 0 Å². The molecule has 0 saturated heterocycles. The second-order valence-electron chi connectivity index (χ2n) is 8.44. The molecule has 0 radical (unpaired) electrons. The van der Waals surface area contributed by atoms with Crippen molar-refractivity contribution in [3.63, 3.8) is 0 Å². The molecule has 7 nitrogen and oxygen atoms in total. The van der Waals surface area contributed by atoms with Gasteiger partial charge in [0.1, 0.15) is 7.05 Å². The molecule has 2 N–H and O–H groups in total. The quantitative estimate of drug-likeness (QED) is 0.491. The number of benzene rings is 2. The van der Waals surface area contributed by atoms with E-state index in [0.29, 0.717) is 6.42 Å². The van der Waals surface area contributed by atoms with Crippen molar-refractivity contribution >= 4 is 31.0 Å². The summed E-state index contributed by atoms with van der Waals surface area (Å²) in [5, 5.41) is 8.87. The Kier molecular flexibility index (Phi) is 8.76. The summed E-state index contributed by atoms with van der Waals surface area (Å²) < 4.78 is 11.1. The number of hydrogen-bond acceptors (Lipinski definition) is 4. The molecule has 1 heterocycles. The van der Waals surface area contributed by atoms with Gasteiger partial charge in [-0.3, -0.25) is 4.57 Å². The molecule has 0 bridgehead atoms. The maximum Gasteiger partial charge on any atom is 0.262 e. The number of nitrogens with zero attached hydrogens (tertiary/aromatic N) is 3. The lowest BCUT2D eigenvalue weighted by molar-refractivity contribution is -0.401.